The van der Waals surface area contributed by atoms with Crippen LogP contribution in [-0.4, -0.2) is 34.2 Å². The molecule has 0 bridgehead atoms. The van der Waals surface area contributed by atoms with E-state index < -0.39 is 0 Å². The topological polar surface area (TPSA) is 36.4 Å². The molecule has 1 aromatic carbocycles. The van der Waals surface area contributed by atoms with Crippen LogP contribution in [0.5, 0.6) is 0 Å². The van der Waals surface area contributed by atoms with E-state index in [-0.39, 0.29) is 6.10 Å². The highest BCUT2D eigenvalue weighted by molar-refractivity contribution is 7.13. The molecule has 20 heavy (non-hydrogen) atoms. The first-order chi connectivity index (χ1) is 9.72. The Hall–Kier alpha value is -0.940. The Kier molecular flexibility index (Phi) is 4.36. The van der Waals surface area contributed by atoms with Crippen molar-refractivity contribution in [2.45, 2.75) is 25.5 Å². The summed E-state index contributed by atoms with van der Waals surface area (Å²) in [5, 5.41) is 13.5. The van der Waals surface area contributed by atoms with Crippen molar-refractivity contribution in [1.82, 2.24) is 9.88 Å². The fraction of sp³-hybridized carbons (Fsp3) is 0.400. The number of aromatic nitrogens is 1. The lowest BCUT2D eigenvalue weighted by atomic mass is 10.1. The lowest BCUT2D eigenvalue weighted by molar-refractivity contribution is 0.0663. The smallest absolute Gasteiger partial charge is 0.125 e. The number of aliphatic hydroxyl groups is 1. The van der Waals surface area contributed by atoms with Crippen molar-refractivity contribution < 1.29 is 5.11 Å². The van der Waals surface area contributed by atoms with Gasteiger partial charge in [-0.15, -0.1) is 11.3 Å². The summed E-state index contributed by atoms with van der Waals surface area (Å²) in [6.07, 6.45) is 1.78. The molecule has 3 nitrogen and oxygen atoms in total. The summed E-state index contributed by atoms with van der Waals surface area (Å²) in [6.45, 7) is 2.59. The second kappa shape index (κ2) is 6.22. The fourth-order valence-corrected chi connectivity index (χ4v) is 3.67. The first kappa shape index (κ1) is 14.0. The molecule has 106 valence electrons. The van der Waals surface area contributed by atoms with Gasteiger partial charge in [-0.25, -0.2) is 4.98 Å². The minimum atomic E-state index is -0.189. The molecule has 1 atom stereocenters. The monoisotopic (exact) mass is 308 g/mol. The maximum absolute atomic E-state index is 9.70. The van der Waals surface area contributed by atoms with E-state index in [1.165, 1.54) is 0 Å². The van der Waals surface area contributed by atoms with E-state index in [0.717, 1.165) is 53.8 Å². The average Bonchev–Trinajstić information content (AvgIpc) is 2.87. The van der Waals surface area contributed by atoms with E-state index in [0.29, 0.717) is 0 Å². The number of rotatable bonds is 3. The van der Waals surface area contributed by atoms with Crippen molar-refractivity contribution in [1.29, 1.82) is 0 Å². The second-order valence-corrected chi connectivity index (χ2v) is 6.42. The number of β-amino-alcohol motifs (C(OH)–C–C–N with tert-alkyl or cyclic N) is 1. The highest BCUT2D eigenvalue weighted by Gasteiger charge is 2.18. The van der Waals surface area contributed by atoms with Crippen molar-refractivity contribution >= 4 is 22.9 Å². The van der Waals surface area contributed by atoms with Crippen LogP contribution in [0.2, 0.25) is 5.02 Å². The molecular formula is C15H17ClN2OS. The zero-order chi connectivity index (χ0) is 13.9. The minimum absolute atomic E-state index is 0.189. The molecular weight excluding hydrogens is 292 g/mol. The van der Waals surface area contributed by atoms with E-state index in [9.17, 15) is 5.11 Å². The third kappa shape index (κ3) is 3.20. The van der Waals surface area contributed by atoms with E-state index in [4.69, 9.17) is 11.6 Å². The van der Waals surface area contributed by atoms with Crippen LogP contribution in [0.15, 0.2) is 29.6 Å². The predicted octanol–water partition coefficient (Wildman–Crippen LogP) is 3.42. The number of aliphatic hydroxyl groups excluding tert-OH is 1. The fourth-order valence-electron chi connectivity index (χ4n) is 2.54. The Balaban J connectivity index is 1.72. The Bertz CT molecular complexity index is 587. The SMILES string of the molecule is O[C@H]1CCCN(Cc2csc(-c3ccccc3Cl)n2)C1. The molecule has 1 saturated heterocycles. The quantitative estimate of drug-likeness (QED) is 0.944. The molecule has 0 unspecified atom stereocenters. The van der Waals surface area contributed by atoms with Crippen molar-refractivity contribution in [3.8, 4) is 10.6 Å². The average molecular weight is 309 g/mol. The number of piperidine rings is 1. The van der Waals surface area contributed by atoms with Gasteiger partial charge in [-0.2, -0.15) is 0 Å². The highest BCUT2D eigenvalue weighted by atomic mass is 35.5. The standard InChI is InChI=1S/C15H17ClN2OS/c16-14-6-2-1-5-13(14)15-17-11(10-20-15)8-18-7-3-4-12(19)9-18/h1-2,5-6,10,12,19H,3-4,7-9H2/t12-/m0/s1. The van der Waals surface area contributed by atoms with Crippen molar-refractivity contribution in [2.75, 3.05) is 13.1 Å². The van der Waals surface area contributed by atoms with Gasteiger partial charge in [0.15, 0.2) is 0 Å². The van der Waals surface area contributed by atoms with Crippen LogP contribution in [0.3, 0.4) is 0 Å². The van der Waals surface area contributed by atoms with Crippen LogP contribution < -0.4 is 0 Å². The summed E-state index contributed by atoms with van der Waals surface area (Å²) >= 11 is 7.82. The van der Waals surface area contributed by atoms with Gasteiger partial charge >= 0.3 is 0 Å². The van der Waals surface area contributed by atoms with E-state index in [1.54, 1.807) is 11.3 Å². The van der Waals surface area contributed by atoms with Gasteiger partial charge in [0.25, 0.3) is 0 Å². The van der Waals surface area contributed by atoms with Gasteiger partial charge in [0, 0.05) is 24.0 Å². The number of likely N-dealkylation sites (tertiary alicyclic amines) is 1. The van der Waals surface area contributed by atoms with Crippen LogP contribution in [0.4, 0.5) is 0 Å². The molecule has 1 fully saturated rings. The summed E-state index contributed by atoms with van der Waals surface area (Å²) in [6, 6.07) is 7.79. The number of hydrogen-bond donors (Lipinski definition) is 1. The van der Waals surface area contributed by atoms with E-state index in [2.05, 4.69) is 15.3 Å². The Morgan fingerprint density at radius 2 is 2.25 bits per heavy atom. The van der Waals surface area contributed by atoms with Crippen molar-refractivity contribution in [3.05, 3.63) is 40.4 Å². The van der Waals surface area contributed by atoms with Crippen molar-refractivity contribution in [2.24, 2.45) is 0 Å². The second-order valence-electron chi connectivity index (χ2n) is 5.16. The molecule has 1 aromatic heterocycles. The zero-order valence-corrected chi connectivity index (χ0v) is 12.7. The Labute approximate surface area is 127 Å². The van der Waals surface area contributed by atoms with Gasteiger partial charge in [0.2, 0.25) is 0 Å². The highest BCUT2D eigenvalue weighted by Crippen LogP contribution is 2.30. The lowest BCUT2D eigenvalue weighted by Crippen LogP contribution is -2.37. The number of nitrogens with zero attached hydrogens (tertiary/aromatic N) is 2. The van der Waals surface area contributed by atoms with Gasteiger partial charge in [-0.05, 0) is 25.5 Å². The van der Waals surface area contributed by atoms with Gasteiger partial charge in [0.05, 0.1) is 16.8 Å². The number of halogens is 1. The molecule has 0 amide bonds. The number of hydrogen-bond acceptors (Lipinski definition) is 4. The minimum Gasteiger partial charge on any atom is -0.392 e. The Morgan fingerprint density at radius 1 is 1.40 bits per heavy atom. The largest absolute Gasteiger partial charge is 0.392 e. The molecule has 0 saturated carbocycles. The summed E-state index contributed by atoms with van der Waals surface area (Å²) in [7, 11) is 0. The molecule has 0 aliphatic carbocycles. The molecule has 0 spiro atoms. The maximum atomic E-state index is 9.70. The van der Waals surface area contributed by atoms with E-state index in [1.807, 2.05) is 24.3 Å². The molecule has 2 aromatic rings. The molecule has 1 N–H and O–H groups in total. The molecule has 3 rings (SSSR count). The summed E-state index contributed by atoms with van der Waals surface area (Å²) in [4.78, 5) is 6.93. The molecule has 2 heterocycles. The molecule has 1 aliphatic rings. The van der Waals surface area contributed by atoms with Crippen LogP contribution in [0.25, 0.3) is 10.6 Å². The summed E-state index contributed by atoms with van der Waals surface area (Å²) in [5.41, 5.74) is 2.04. The van der Waals surface area contributed by atoms with Crippen molar-refractivity contribution in [3.63, 3.8) is 0 Å². The lowest BCUT2D eigenvalue weighted by Gasteiger charge is -2.29. The number of benzene rings is 1. The maximum Gasteiger partial charge on any atom is 0.125 e. The summed E-state index contributed by atoms with van der Waals surface area (Å²) in [5.74, 6) is 0. The third-order valence-electron chi connectivity index (χ3n) is 3.52. The predicted molar refractivity (Wildman–Crippen MR) is 83.1 cm³/mol. The van der Waals surface area contributed by atoms with Crippen LogP contribution in [0.1, 0.15) is 18.5 Å². The van der Waals surface area contributed by atoms with Crippen LogP contribution >= 0.6 is 22.9 Å². The van der Waals surface area contributed by atoms with E-state index >= 15 is 0 Å². The van der Waals surface area contributed by atoms with Gasteiger partial charge in [-0.1, -0.05) is 29.8 Å². The molecule has 5 heteroatoms. The Morgan fingerprint density at radius 3 is 3.05 bits per heavy atom. The molecule has 0 radical (unpaired) electrons. The number of thiazole rings is 1. The third-order valence-corrected chi connectivity index (χ3v) is 4.78. The van der Waals surface area contributed by atoms with Gasteiger partial charge < -0.3 is 5.11 Å². The normalized spacial score (nSPS) is 20.2. The molecule has 1 aliphatic heterocycles. The summed E-state index contributed by atoms with van der Waals surface area (Å²) < 4.78 is 0. The van der Waals surface area contributed by atoms with Gasteiger partial charge in [-0.3, -0.25) is 4.90 Å². The first-order valence-corrected chi connectivity index (χ1v) is 8.08. The van der Waals surface area contributed by atoms with Crippen LogP contribution in [-0.2, 0) is 6.54 Å². The first-order valence-electron chi connectivity index (χ1n) is 6.82. The van der Waals surface area contributed by atoms with Crippen LogP contribution in [0, 0.1) is 0 Å². The zero-order valence-electron chi connectivity index (χ0n) is 11.1. The van der Waals surface area contributed by atoms with Gasteiger partial charge in [0.1, 0.15) is 5.01 Å².